The Labute approximate surface area is 83.6 Å². The third kappa shape index (κ3) is 3.41. The van der Waals surface area contributed by atoms with E-state index in [1.165, 1.54) is 0 Å². The maximum atomic E-state index is 8.81. The largest absolute Gasteiger partial charge is 0.395 e. The van der Waals surface area contributed by atoms with Crippen molar-refractivity contribution in [2.45, 2.75) is 19.5 Å². The quantitative estimate of drug-likeness (QED) is 0.612. The monoisotopic (exact) mass is 196 g/mol. The molecule has 1 aromatic rings. The molecule has 0 atom stereocenters. The fraction of sp³-hybridized carbons (Fsp3) is 0.500. The minimum atomic E-state index is -0.266. The van der Waals surface area contributed by atoms with Crippen molar-refractivity contribution in [3.8, 4) is 0 Å². The molecule has 0 saturated carbocycles. The topological polar surface area (TPSA) is 65.4 Å². The predicted molar refractivity (Wildman–Crippen MR) is 53.8 cm³/mol. The third-order valence-electron chi connectivity index (χ3n) is 1.99. The van der Waals surface area contributed by atoms with Gasteiger partial charge in [0.25, 0.3) is 0 Å². The van der Waals surface area contributed by atoms with Gasteiger partial charge < -0.3 is 15.5 Å². The van der Waals surface area contributed by atoms with Gasteiger partial charge in [-0.15, -0.1) is 0 Å². The summed E-state index contributed by atoms with van der Waals surface area (Å²) in [6.45, 7) is 2.41. The van der Waals surface area contributed by atoms with Gasteiger partial charge in [0, 0.05) is 12.7 Å². The van der Waals surface area contributed by atoms with E-state index in [4.69, 9.17) is 10.2 Å². The van der Waals surface area contributed by atoms with E-state index >= 15 is 0 Å². The minimum absolute atomic E-state index is 0.0671. The van der Waals surface area contributed by atoms with Crippen LogP contribution in [0.1, 0.15) is 11.3 Å². The highest BCUT2D eigenvalue weighted by atomic mass is 16.3. The highest BCUT2D eigenvalue weighted by Crippen LogP contribution is 1.98. The molecule has 0 aliphatic heterocycles. The number of aromatic nitrogens is 1. The van der Waals surface area contributed by atoms with Gasteiger partial charge in [0.15, 0.2) is 0 Å². The number of hydrogen-bond acceptors (Lipinski definition) is 4. The molecule has 3 N–H and O–H groups in total. The van der Waals surface area contributed by atoms with Crippen LogP contribution in [0.2, 0.25) is 0 Å². The van der Waals surface area contributed by atoms with E-state index in [0.29, 0.717) is 6.54 Å². The van der Waals surface area contributed by atoms with Crippen LogP contribution in [0.3, 0.4) is 0 Å². The van der Waals surface area contributed by atoms with Crippen molar-refractivity contribution in [1.29, 1.82) is 0 Å². The highest BCUT2D eigenvalue weighted by molar-refractivity contribution is 5.11. The van der Waals surface area contributed by atoms with E-state index in [0.717, 1.165) is 11.3 Å². The van der Waals surface area contributed by atoms with Gasteiger partial charge in [0.05, 0.1) is 24.9 Å². The zero-order valence-electron chi connectivity index (χ0n) is 8.27. The number of hydrogen-bond donors (Lipinski definition) is 3. The summed E-state index contributed by atoms with van der Waals surface area (Å²) in [5, 5.41) is 20.6. The summed E-state index contributed by atoms with van der Waals surface area (Å²) in [5.74, 6) is 0. The second-order valence-corrected chi connectivity index (χ2v) is 3.27. The summed E-state index contributed by atoms with van der Waals surface area (Å²) in [7, 11) is 0. The summed E-state index contributed by atoms with van der Waals surface area (Å²) in [4.78, 5) is 4.19. The van der Waals surface area contributed by atoms with Crippen LogP contribution >= 0.6 is 0 Å². The lowest BCUT2D eigenvalue weighted by atomic mass is 10.2. The fourth-order valence-electron chi connectivity index (χ4n) is 1.04. The first kappa shape index (κ1) is 11.1. The molecule has 0 saturated heterocycles. The zero-order chi connectivity index (χ0) is 10.4. The van der Waals surface area contributed by atoms with Crippen LogP contribution < -0.4 is 5.32 Å². The van der Waals surface area contributed by atoms with Crippen molar-refractivity contribution in [2.24, 2.45) is 0 Å². The number of nitrogens with zero attached hydrogens (tertiary/aromatic N) is 1. The molecule has 1 rings (SSSR count). The second-order valence-electron chi connectivity index (χ2n) is 3.27. The molecule has 0 radical (unpaired) electrons. The number of aryl methyl sites for hydroxylation is 1. The molecule has 1 heterocycles. The number of pyridine rings is 1. The van der Waals surface area contributed by atoms with E-state index in [9.17, 15) is 0 Å². The molecule has 1 aromatic heterocycles. The molecule has 0 aliphatic rings. The van der Waals surface area contributed by atoms with Crippen molar-refractivity contribution in [3.63, 3.8) is 0 Å². The number of nitrogens with one attached hydrogen (secondary N) is 1. The Morgan fingerprint density at radius 3 is 2.57 bits per heavy atom. The maximum absolute atomic E-state index is 8.81. The van der Waals surface area contributed by atoms with Gasteiger partial charge in [-0.1, -0.05) is 6.07 Å². The lowest BCUT2D eigenvalue weighted by Crippen LogP contribution is -2.35. The second kappa shape index (κ2) is 5.70. The van der Waals surface area contributed by atoms with Crippen LogP contribution in [-0.4, -0.2) is 34.5 Å². The Bertz CT molecular complexity index is 257. The molecule has 14 heavy (non-hydrogen) atoms. The molecule has 4 heteroatoms. The molecule has 0 aliphatic carbocycles. The highest BCUT2D eigenvalue weighted by Gasteiger charge is 2.04. The van der Waals surface area contributed by atoms with E-state index in [1.54, 1.807) is 6.20 Å². The van der Waals surface area contributed by atoms with Gasteiger partial charge in [-0.25, -0.2) is 0 Å². The van der Waals surface area contributed by atoms with Crippen LogP contribution in [0.4, 0.5) is 0 Å². The Morgan fingerprint density at radius 2 is 2.07 bits per heavy atom. The SMILES string of the molecule is Cc1ccc(CNC(CO)CO)nc1. The summed E-state index contributed by atoms with van der Waals surface area (Å²) in [6, 6.07) is 3.64. The first-order valence-electron chi connectivity index (χ1n) is 4.63. The molecule has 0 aromatic carbocycles. The lowest BCUT2D eigenvalue weighted by Gasteiger charge is -2.12. The summed E-state index contributed by atoms with van der Waals surface area (Å²) < 4.78 is 0. The van der Waals surface area contributed by atoms with Gasteiger partial charge in [0.1, 0.15) is 0 Å². The minimum Gasteiger partial charge on any atom is -0.395 e. The van der Waals surface area contributed by atoms with E-state index in [2.05, 4.69) is 10.3 Å². The molecule has 4 nitrogen and oxygen atoms in total. The predicted octanol–water partition coefficient (Wildman–Crippen LogP) is -0.167. The van der Waals surface area contributed by atoms with Gasteiger partial charge in [-0.2, -0.15) is 0 Å². The van der Waals surface area contributed by atoms with Crippen molar-refractivity contribution in [1.82, 2.24) is 10.3 Å². The smallest absolute Gasteiger partial charge is 0.0607 e. The molecule has 0 unspecified atom stereocenters. The van der Waals surface area contributed by atoms with E-state index in [1.807, 2.05) is 19.1 Å². The first-order chi connectivity index (χ1) is 6.76. The van der Waals surface area contributed by atoms with Crippen molar-refractivity contribution in [2.75, 3.05) is 13.2 Å². The Balaban J connectivity index is 2.41. The fourth-order valence-corrected chi connectivity index (χ4v) is 1.04. The lowest BCUT2D eigenvalue weighted by molar-refractivity contribution is 0.170. The van der Waals surface area contributed by atoms with Gasteiger partial charge >= 0.3 is 0 Å². The summed E-state index contributed by atoms with van der Waals surface area (Å²) in [5.41, 5.74) is 2.03. The number of aliphatic hydroxyl groups is 2. The number of aliphatic hydroxyl groups excluding tert-OH is 2. The normalized spacial score (nSPS) is 10.9. The Morgan fingerprint density at radius 1 is 1.36 bits per heavy atom. The van der Waals surface area contributed by atoms with E-state index < -0.39 is 0 Å². The van der Waals surface area contributed by atoms with Crippen molar-refractivity contribution < 1.29 is 10.2 Å². The molecule has 78 valence electrons. The van der Waals surface area contributed by atoms with Crippen LogP contribution in [0, 0.1) is 6.92 Å². The molecular formula is C10H16N2O2. The maximum Gasteiger partial charge on any atom is 0.0607 e. The van der Waals surface area contributed by atoms with Gasteiger partial charge in [-0.05, 0) is 18.6 Å². The molecule has 0 amide bonds. The third-order valence-corrected chi connectivity index (χ3v) is 1.99. The summed E-state index contributed by atoms with van der Waals surface area (Å²) in [6.07, 6.45) is 1.80. The van der Waals surface area contributed by atoms with Gasteiger partial charge in [0.2, 0.25) is 0 Å². The number of rotatable bonds is 5. The van der Waals surface area contributed by atoms with E-state index in [-0.39, 0.29) is 19.3 Å². The van der Waals surface area contributed by atoms with Crippen molar-refractivity contribution >= 4 is 0 Å². The van der Waals surface area contributed by atoms with Crippen LogP contribution in [-0.2, 0) is 6.54 Å². The standard InChI is InChI=1S/C10H16N2O2/c1-8-2-3-9(11-4-8)5-12-10(6-13)7-14/h2-4,10,12-14H,5-7H2,1H3. The molecule has 0 fully saturated rings. The molecular weight excluding hydrogens is 180 g/mol. The Kier molecular flexibility index (Phi) is 4.52. The summed E-state index contributed by atoms with van der Waals surface area (Å²) >= 11 is 0. The van der Waals surface area contributed by atoms with Crippen molar-refractivity contribution in [3.05, 3.63) is 29.6 Å². The first-order valence-corrected chi connectivity index (χ1v) is 4.63. The van der Waals surface area contributed by atoms with Gasteiger partial charge in [-0.3, -0.25) is 4.98 Å². The Hall–Kier alpha value is -0.970. The molecule has 0 bridgehead atoms. The van der Waals surface area contributed by atoms with Crippen LogP contribution in [0.25, 0.3) is 0 Å². The zero-order valence-corrected chi connectivity index (χ0v) is 8.27. The van der Waals surface area contributed by atoms with Crippen LogP contribution in [0.5, 0.6) is 0 Å². The molecule has 0 spiro atoms. The average Bonchev–Trinajstić information content (AvgIpc) is 2.22. The average molecular weight is 196 g/mol. The van der Waals surface area contributed by atoms with Crippen LogP contribution in [0.15, 0.2) is 18.3 Å².